The molecule has 7 nitrogen and oxygen atoms in total. The zero-order chi connectivity index (χ0) is 64.8. The summed E-state index contributed by atoms with van der Waals surface area (Å²) in [6, 6.07) is 110. The van der Waals surface area contributed by atoms with Gasteiger partial charge in [-0.1, -0.05) is 248 Å². The Kier molecular flexibility index (Phi) is 14.0. The summed E-state index contributed by atoms with van der Waals surface area (Å²) in [5.41, 5.74) is 27.5. The van der Waals surface area contributed by atoms with Crippen LogP contribution in [-0.4, -0.2) is 31.2 Å². The SMILES string of the molecule is CC(C)(C)c1ccc2c(c1)c1cc(C(C)(C)C)ccc1n2-c1ccc(-c2cc(-c3ccccc3)nc(-c3ccccc3)n2)cc1-c1cc(-c2ccccc2)nc(-c2ccc(-c3cc4c5c(c3)N(c3ccccc3)c3ccccc3B5c3ccccc3N4c3ccccc3)cc2)n1. The number of hydrogen-bond acceptors (Lipinski definition) is 6. The van der Waals surface area contributed by atoms with Gasteiger partial charge in [0.1, 0.15) is 0 Å². The fraction of sp³-hybridized carbons (Fsp3) is 0.0909. The molecule has 0 N–H and O–H groups in total. The van der Waals surface area contributed by atoms with Gasteiger partial charge in [0, 0.05) is 78.3 Å². The van der Waals surface area contributed by atoms with Crippen LogP contribution in [0.4, 0.5) is 34.1 Å². The fourth-order valence-electron chi connectivity index (χ4n) is 14.4. The molecule has 2 aliphatic heterocycles. The van der Waals surface area contributed by atoms with Crippen LogP contribution in [0, 0.1) is 0 Å². The minimum Gasteiger partial charge on any atom is -0.311 e. The Morgan fingerprint density at radius 3 is 1.15 bits per heavy atom. The molecule has 0 radical (unpaired) electrons. The van der Waals surface area contributed by atoms with Crippen LogP contribution in [0.25, 0.3) is 106 Å². The van der Waals surface area contributed by atoms with Crippen LogP contribution in [0.2, 0.25) is 0 Å². The summed E-state index contributed by atoms with van der Waals surface area (Å²) in [4.78, 5) is 26.8. The van der Waals surface area contributed by atoms with Crippen molar-refractivity contribution in [2.24, 2.45) is 0 Å². The predicted molar refractivity (Wildman–Crippen MR) is 401 cm³/mol. The first kappa shape index (κ1) is 58.1. The minimum atomic E-state index is -0.0672. The molecule has 17 rings (SSSR count). The quantitative estimate of drug-likeness (QED) is 0.127. The maximum atomic E-state index is 5.75. The highest BCUT2D eigenvalue weighted by Crippen LogP contribution is 2.47. The summed E-state index contributed by atoms with van der Waals surface area (Å²) < 4.78 is 2.45. The fourth-order valence-corrected chi connectivity index (χ4v) is 14.4. The second-order valence-corrected chi connectivity index (χ2v) is 27.5. The molecule has 0 saturated heterocycles. The summed E-state index contributed by atoms with van der Waals surface area (Å²) in [6.45, 7) is 13.8. The normalized spacial score (nSPS) is 12.6. The lowest BCUT2D eigenvalue weighted by molar-refractivity contribution is 0.590. The van der Waals surface area contributed by atoms with Crippen molar-refractivity contribution >= 4 is 79.0 Å². The van der Waals surface area contributed by atoms with Crippen LogP contribution in [0.3, 0.4) is 0 Å². The third-order valence-corrected chi connectivity index (χ3v) is 19.3. The minimum absolute atomic E-state index is 0.0142. The largest absolute Gasteiger partial charge is 0.311 e. The molecule has 8 heteroatoms. The molecule has 0 amide bonds. The van der Waals surface area contributed by atoms with E-state index in [1.807, 2.05) is 24.3 Å². The molecule has 3 aromatic heterocycles. The molecule has 5 heterocycles. The van der Waals surface area contributed by atoms with E-state index < -0.39 is 0 Å². The van der Waals surface area contributed by atoms with Crippen molar-refractivity contribution in [3.63, 3.8) is 0 Å². The number of nitrogens with zero attached hydrogens (tertiary/aromatic N) is 7. The van der Waals surface area contributed by atoms with E-state index in [1.165, 1.54) is 49.7 Å². The third kappa shape index (κ3) is 10.2. The van der Waals surface area contributed by atoms with Gasteiger partial charge < -0.3 is 14.4 Å². The number of hydrogen-bond donors (Lipinski definition) is 0. The van der Waals surface area contributed by atoms with Gasteiger partial charge in [0.05, 0.1) is 39.5 Å². The van der Waals surface area contributed by atoms with E-state index >= 15 is 0 Å². The lowest BCUT2D eigenvalue weighted by Gasteiger charge is -2.44. The van der Waals surface area contributed by atoms with Crippen molar-refractivity contribution in [2.75, 3.05) is 9.80 Å². The summed E-state index contributed by atoms with van der Waals surface area (Å²) in [5.74, 6) is 1.27. The molecule has 96 heavy (non-hydrogen) atoms. The molecule has 0 saturated carbocycles. The standard InChI is InChI=1S/C88H68BN7/c1-87(2,3)64-45-48-77-68(53-64)69-54-65(88(4,5)6)46-49-78(69)96(77)79-47-44-62(75-55-73(58-26-12-7-13-27-58)90-85(92-75)60-30-16-9-17-31-60)50-70(79)76-56-74(59-28-14-8-15-29-59)91-86(93-76)61-42-40-57(41-43-61)63-51-82-84-83(52-63)95(67-34-20-11-21-35-67)81-39-25-23-37-72(81)89(84)71-36-22-24-38-80(71)94(82)66-32-18-10-19-33-66/h7-56H,1-6H3. The van der Waals surface area contributed by atoms with Gasteiger partial charge in [0.2, 0.25) is 0 Å². The van der Waals surface area contributed by atoms with Gasteiger partial charge in [-0.3, -0.25) is 0 Å². The third-order valence-electron chi connectivity index (χ3n) is 19.3. The van der Waals surface area contributed by atoms with Crippen LogP contribution in [0.5, 0.6) is 0 Å². The molecule has 0 bridgehead atoms. The Balaban J connectivity index is 0.876. The van der Waals surface area contributed by atoms with E-state index in [1.54, 1.807) is 0 Å². The zero-order valence-electron chi connectivity index (χ0n) is 54.6. The first-order valence-corrected chi connectivity index (χ1v) is 33.2. The van der Waals surface area contributed by atoms with Gasteiger partial charge in [-0.2, -0.15) is 0 Å². The van der Waals surface area contributed by atoms with Crippen molar-refractivity contribution < 1.29 is 0 Å². The maximum Gasteiger partial charge on any atom is 0.252 e. The van der Waals surface area contributed by atoms with Crippen LogP contribution < -0.4 is 26.2 Å². The Morgan fingerprint density at radius 2 is 0.667 bits per heavy atom. The van der Waals surface area contributed by atoms with E-state index in [-0.39, 0.29) is 17.5 Å². The van der Waals surface area contributed by atoms with Crippen molar-refractivity contribution in [3.05, 3.63) is 314 Å². The van der Waals surface area contributed by atoms with Crippen LogP contribution in [0.15, 0.2) is 303 Å². The van der Waals surface area contributed by atoms with Crippen LogP contribution in [0.1, 0.15) is 52.7 Å². The topological polar surface area (TPSA) is 63.0 Å². The van der Waals surface area contributed by atoms with Crippen molar-refractivity contribution in [1.29, 1.82) is 0 Å². The van der Waals surface area contributed by atoms with E-state index in [4.69, 9.17) is 19.9 Å². The molecule has 0 spiro atoms. The van der Waals surface area contributed by atoms with Gasteiger partial charge in [0.25, 0.3) is 6.71 Å². The Labute approximate surface area is 561 Å². The average molecular weight is 1230 g/mol. The molecule has 0 unspecified atom stereocenters. The lowest BCUT2D eigenvalue weighted by atomic mass is 9.33. The van der Waals surface area contributed by atoms with E-state index in [2.05, 4.69) is 335 Å². The Morgan fingerprint density at radius 1 is 0.281 bits per heavy atom. The second-order valence-electron chi connectivity index (χ2n) is 27.5. The van der Waals surface area contributed by atoms with E-state index in [0.717, 1.165) is 107 Å². The zero-order valence-corrected chi connectivity index (χ0v) is 54.6. The molecule has 2 aliphatic rings. The highest BCUT2D eigenvalue weighted by molar-refractivity contribution is 7.00. The molecule has 458 valence electrons. The number of aromatic nitrogens is 5. The van der Waals surface area contributed by atoms with E-state index in [9.17, 15) is 0 Å². The first-order chi connectivity index (χ1) is 46.9. The summed E-state index contributed by atoms with van der Waals surface area (Å²) in [7, 11) is 0. The molecular formula is C88H68BN7. The number of fused-ring (bicyclic) bond motifs is 7. The van der Waals surface area contributed by atoms with E-state index in [0.29, 0.717) is 11.6 Å². The van der Waals surface area contributed by atoms with Crippen LogP contribution >= 0.6 is 0 Å². The van der Waals surface area contributed by atoms with Crippen molar-refractivity contribution in [2.45, 2.75) is 52.4 Å². The summed E-state index contributed by atoms with van der Waals surface area (Å²) in [5, 5.41) is 2.42. The molecule has 0 aliphatic carbocycles. The highest BCUT2D eigenvalue weighted by atomic mass is 15.2. The summed E-state index contributed by atoms with van der Waals surface area (Å²) in [6.07, 6.45) is 0. The highest BCUT2D eigenvalue weighted by Gasteiger charge is 2.43. The molecular weight excluding hydrogens is 1170 g/mol. The lowest BCUT2D eigenvalue weighted by Crippen LogP contribution is -2.61. The predicted octanol–water partition coefficient (Wildman–Crippen LogP) is 20.7. The van der Waals surface area contributed by atoms with Crippen LogP contribution in [-0.2, 0) is 10.8 Å². The van der Waals surface area contributed by atoms with Crippen molar-refractivity contribution in [3.8, 4) is 84.6 Å². The van der Waals surface area contributed by atoms with Gasteiger partial charge in [0.15, 0.2) is 11.6 Å². The van der Waals surface area contributed by atoms with Gasteiger partial charge in [-0.15, -0.1) is 0 Å². The molecule has 12 aromatic carbocycles. The first-order valence-electron chi connectivity index (χ1n) is 33.2. The van der Waals surface area contributed by atoms with Crippen molar-refractivity contribution in [1.82, 2.24) is 24.5 Å². The Hall–Kier alpha value is -11.7. The average Bonchev–Trinajstić information content (AvgIpc) is 0.829. The van der Waals surface area contributed by atoms with Gasteiger partial charge in [-0.25, -0.2) is 19.9 Å². The molecule has 15 aromatic rings. The summed E-state index contributed by atoms with van der Waals surface area (Å²) >= 11 is 0. The number of anilines is 6. The molecule has 0 fully saturated rings. The smallest absolute Gasteiger partial charge is 0.252 e. The maximum absolute atomic E-state index is 5.75. The second kappa shape index (κ2) is 23.1. The monoisotopic (exact) mass is 1230 g/mol. The Bertz CT molecular complexity index is 5240. The van der Waals surface area contributed by atoms with Gasteiger partial charge in [-0.05, 0) is 147 Å². The number of para-hydroxylation sites is 4. The number of benzene rings is 12. The number of rotatable bonds is 10. The molecule has 0 atom stereocenters. The van der Waals surface area contributed by atoms with Gasteiger partial charge >= 0.3 is 0 Å².